The average Bonchev–Trinajstić information content (AvgIpc) is 2.98. The van der Waals surface area contributed by atoms with Crippen LogP contribution >= 0.6 is 0 Å². The van der Waals surface area contributed by atoms with Crippen LogP contribution in [-0.4, -0.2) is 35.0 Å². The molecule has 1 aromatic carbocycles. The number of carboxylic acids is 1. The number of carbonyl (C=O) groups excluding carboxylic acids is 2. The maximum absolute atomic E-state index is 12.3. The molecule has 25 heavy (non-hydrogen) atoms. The van der Waals surface area contributed by atoms with Gasteiger partial charge in [-0.1, -0.05) is 12.1 Å². The van der Waals surface area contributed by atoms with Crippen LogP contribution in [0.1, 0.15) is 47.2 Å². The second-order valence-electron chi connectivity index (χ2n) is 6.04. The summed E-state index contributed by atoms with van der Waals surface area (Å²) in [5.74, 6) is -2.96. The van der Waals surface area contributed by atoms with Crippen molar-refractivity contribution < 1.29 is 32.7 Å². The summed E-state index contributed by atoms with van der Waals surface area (Å²) in [6.45, 7) is 0. The molecule has 0 aromatic heterocycles. The van der Waals surface area contributed by atoms with E-state index in [-0.39, 0.29) is 18.6 Å². The topological polar surface area (TPSA) is 83.5 Å². The van der Waals surface area contributed by atoms with E-state index in [2.05, 4.69) is 0 Å². The molecule has 8 heteroatoms. The Morgan fingerprint density at radius 3 is 2.44 bits per heavy atom. The predicted molar refractivity (Wildman–Crippen MR) is 82.3 cm³/mol. The third-order valence-electron chi connectivity index (χ3n) is 4.07. The van der Waals surface area contributed by atoms with Gasteiger partial charge < -0.3 is 10.4 Å². The highest BCUT2D eigenvalue weighted by atomic mass is 19.4. The third kappa shape index (κ3) is 5.58. The summed E-state index contributed by atoms with van der Waals surface area (Å²) >= 11 is 0. The molecule has 0 aliphatic heterocycles. The molecule has 0 heterocycles. The zero-order valence-electron chi connectivity index (χ0n) is 13.4. The first kappa shape index (κ1) is 19.0. The second-order valence-corrected chi connectivity index (χ2v) is 6.04. The number of rotatable bonds is 7. The lowest BCUT2D eigenvalue weighted by Crippen LogP contribution is -2.43. The molecule has 1 aliphatic carbocycles. The second kappa shape index (κ2) is 7.67. The molecular weight excluding hydrogens is 339 g/mol. The first-order chi connectivity index (χ1) is 11.7. The summed E-state index contributed by atoms with van der Waals surface area (Å²) in [5.41, 5.74) is 2.76. The predicted octanol–water partition coefficient (Wildman–Crippen LogP) is 2.66. The number of benzene rings is 1. The lowest BCUT2D eigenvalue weighted by molar-refractivity contribution is -0.160. The van der Waals surface area contributed by atoms with Gasteiger partial charge in [0.25, 0.3) is 0 Å². The summed E-state index contributed by atoms with van der Waals surface area (Å²) in [6.07, 6.45) is -4.02. The van der Waals surface area contributed by atoms with Crippen molar-refractivity contribution in [2.75, 3.05) is 0 Å². The van der Waals surface area contributed by atoms with Crippen molar-refractivity contribution in [1.29, 1.82) is 0 Å². The van der Waals surface area contributed by atoms with Gasteiger partial charge in [-0.05, 0) is 36.5 Å². The molecule has 0 fully saturated rings. The van der Waals surface area contributed by atoms with Crippen molar-refractivity contribution >= 4 is 17.7 Å². The van der Waals surface area contributed by atoms with E-state index in [9.17, 15) is 27.6 Å². The maximum atomic E-state index is 12.3. The summed E-state index contributed by atoms with van der Waals surface area (Å²) in [4.78, 5) is 34.6. The van der Waals surface area contributed by atoms with E-state index < -0.39 is 30.5 Å². The summed E-state index contributed by atoms with van der Waals surface area (Å²) in [6, 6.07) is 3.28. The zero-order chi connectivity index (χ0) is 18.6. The monoisotopic (exact) mass is 357 g/mol. The number of aryl methyl sites for hydroxylation is 2. The van der Waals surface area contributed by atoms with Crippen molar-refractivity contribution in [3.63, 3.8) is 0 Å². The van der Waals surface area contributed by atoms with Crippen molar-refractivity contribution in [3.05, 3.63) is 34.9 Å². The van der Waals surface area contributed by atoms with Gasteiger partial charge in [-0.2, -0.15) is 13.2 Å². The van der Waals surface area contributed by atoms with E-state index >= 15 is 0 Å². The molecule has 1 aromatic rings. The van der Waals surface area contributed by atoms with Gasteiger partial charge in [-0.3, -0.25) is 9.59 Å². The minimum absolute atomic E-state index is 0.191. The molecule has 0 radical (unpaired) electrons. The molecule has 0 spiro atoms. The molecule has 0 saturated heterocycles. The highest BCUT2D eigenvalue weighted by molar-refractivity contribution is 5.98. The Morgan fingerprint density at radius 1 is 1.12 bits per heavy atom. The molecule has 1 atom stereocenters. The number of Topliss-reactive ketones (excluding diaryl/α,β-unsaturated/α-hetero) is 1. The molecule has 0 saturated carbocycles. The highest BCUT2D eigenvalue weighted by Gasteiger charge is 2.36. The van der Waals surface area contributed by atoms with Crippen LogP contribution in [0, 0.1) is 0 Å². The molecule has 0 bridgehead atoms. The first-order valence-electron chi connectivity index (χ1n) is 7.89. The Labute approximate surface area is 142 Å². The number of halogens is 3. The standard InChI is InChI=1S/C17H18F3NO4/c18-17(19,20)9-13(16(24)25)21-15(23)7-6-14(22)12-5-4-10-2-1-3-11(10)8-12/h4-5,8,13H,1-3,6-7,9H2,(H,21,23)(H,24,25). The Bertz CT molecular complexity index is 685. The van der Waals surface area contributed by atoms with Crippen LogP contribution in [0.15, 0.2) is 18.2 Å². The van der Waals surface area contributed by atoms with Crippen LogP contribution in [0.2, 0.25) is 0 Å². The number of carbonyl (C=O) groups is 3. The largest absolute Gasteiger partial charge is 0.480 e. The zero-order valence-corrected chi connectivity index (χ0v) is 13.4. The molecule has 2 N–H and O–H groups in total. The van der Waals surface area contributed by atoms with Crippen LogP contribution in [0.3, 0.4) is 0 Å². The number of ketones is 1. The molecule has 1 aliphatic rings. The molecular formula is C17H18F3NO4. The van der Waals surface area contributed by atoms with E-state index in [1.54, 1.807) is 12.1 Å². The van der Waals surface area contributed by atoms with Gasteiger partial charge >= 0.3 is 12.1 Å². The van der Waals surface area contributed by atoms with Gasteiger partial charge in [0.15, 0.2) is 5.78 Å². The van der Waals surface area contributed by atoms with Crippen molar-refractivity contribution in [2.45, 2.75) is 50.7 Å². The third-order valence-corrected chi connectivity index (χ3v) is 4.07. The summed E-state index contributed by atoms with van der Waals surface area (Å²) in [5, 5.41) is 10.6. The summed E-state index contributed by atoms with van der Waals surface area (Å²) in [7, 11) is 0. The van der Waals surface area contributed by atoms with E-state index in [0.717, 1.165) is 24.8 Å². The van der Waals surface area contributed by atoms with Crippen molar-refractivity contribution in [1.82, 2.24) is 5.32 Å². The van der Waals surface area contributed by atoms with Crippen LogP contribution in [0.25, 0.3) is 0 Å². The minimum Gasteiger partial charge on any atom is -0.480 e. The minimum atomic E-state index is -4.71. The molecule has 2 rings (SSSR count). The van der Waals surface area contributed by atoms with Crippen LogP contribution in [-0.2, 0) is 22.4 Å². The van der Waals surface area contributed by atoms with Crippen molar-refractivity contribution in [2.24, 2.45) is 0 Å². The van der Waals surface area contributed by atoms with E-state index in [1.807, 2.05) is 11.4 Å². The molecule has 136 valence electrons. The van der Waals surface area contributed by atoms with Crippen molar-refractivity contribution in [3.8, 4) is 0 Å². The van der Waals surface area contributed by atoms with Crippen LogP contribution in [0.4, 0.5) is 13.2 Å². The number of fused-ring (bicyclic) bond motifs is 1. The Kier molecular flexibility index (Phi) is 5.81. The molecule has 5 nitrogen and oxygen atoms in total. The smallest absolute Gasteiger partial charge is 0.391 e. The number of nitrogens with one attached hydrogen (secondary N) is 1. The fourth-order valence-corrected chi connectivity index (χ4v) is 2.81. The summed E-state index contributed by atoms with van der Waals surface area (Å²) < 4.78 is 36.9. The average molecular weight is 357 g/mol. The van der Waals surface area contributed by atoms with Gasteiger partial charge in [0.2, 0.25) is 5.91 Å². The number of alkyl halides is 3. The lowest BCUT2D eigenvalue weighted by Gasteiger charge is -2.16. The SMILES string of the molecule is O=C(CCC(=O)c1ccc2c(c1)CCC2)NC(CC(F)(F)F)C(=O)O. The number of hydrogen-bond acceptors (Lipinski definition) is 3. The highest BCUT2D eigenvalue weighted by Crippen LogP contribution is 2.24. The number of hydrogen-bond donors (Lipinski definition) is 2. The van der Waals surface area contributed by atoms with Crippen LogP contribution < -0.4 is 5.32 Å². The number of amides is 1. The Hall–Kier alpha value is -2.38. The Morgan fingerprint density at radius 2 is 1.80 bits per heavy atom. The lowest BCUT2D eigenvalue weighted by atomic mass is 10.0. The maximum Gasteiger partial charge on any atom is 0.391 e. The van der Waals surface area contributed by atoms with E-state index in [1.165, 1.54) is 5.56 Å². The van der Waals surface area contributed by atoms with Gasteiger partial charge in [-0.25, -0.2) is 4.79 Å². The first-order valence-corrected chi connectivity index (χ1v) is 7.89. The number of aliphatic carboxylic acids is 1. The van der Waals surface area contributed by atoms with E-state index in [4.69, 9.17) is 5.11 Å². The number of carboxylic acid groups (broad SMARTS) is 1. The van der Waals surface area contributed by atoms with Crippen LogP contribution in [0.5, 0.6) is 0 Å². The quantitative estimate of drug-likeness (QED) is 0.735. The van der Waals surface area contributed by atoms with Gasteiger partial charge in [0.05, 0.1) is 6.42 Å². The van der Waals surface area contributed by atoms with Gasteiger partial charge in [0.1, 0.15) is 6.04 Å². The molecule has 1 unspecified atom stereocenters. The normalized spacial score (nSPS) is 14.7. The fourth-order valence-electron chi connectivity index (χ4n) is 2.81. The van der Waals surface area contributed by atoms with Gasteiger partial charge in [-0.15, -0.1) is 0 Å². The Balaban J connectivity index is 1.88. The molecule has 1 amide bonds. The van der Waals surface area contributed by atoms with Gasteiger partial charge in [0, 0.05) is 18.4 Å². The van der Waals surface area contributed by atoms with E-state index in [0.29, 0.717) is 5.56 Å². The fraction of sp³-hybridized carbons (Fsp3) is 0.471.